The summed E-state index contributed by atoms with van der Waals surface area (Å²) in [5, 5.41) is 29.7. The van der Waals surface area contributed by atoms with E-state index in [1.54, 1.807) is 0 Å². The highest BCUT2D eigenvalue weighted by Crippen LogP contribution is 2.70. The SMILES string of the molecule is C[C@]1(O)O[C@@H]2CO[C@@H]([C@@]2(O)P2OCCCO2)[C@]1(O)P1OCCCO1. The van der Waals surface area contributed by atoms with Gasteiger partial charge in [-0.1, -0.05) is 0 Å². The molecular formula is C13H22O9P2. The lowest BCUT2D eigenvalue weighted by Crippen LogP contribution is -2.72. The Morgan fingerprint density at radius 1 is 0.875 bits per heavy atom. The first kappa shape index (κ1) is 17.9. The summed E-state index contributed by atoms with van der Waals surface area (Å²) in [5.41, 5.74) is 0. The highest BCUT2D eigenvalue weighted by atomic mass is 31.2. The van der Waals surface area contributed by atoms with Crippen LogP contribution in [0, 0.1) is 0 Å². The summed E-state index contributed by atoms with van der Waals surface area (Å²) in [4.78, 5) is 0. The van der Waals surface area contributed by atoms with E-state index in [9.17, 15) is 15.3 Å². The van der Waals surface area contributed by atoms with E-state index in [-0.39, 0.29) is 6.61 Å². The van der Waals surface area contributed by atoms with Crippen LogP contribution in [0.5, 0.6) is 0 Å². The van der Waals surface area contributed by atoms with Crippen LogP contribution in [0.25, 0.3) is 0 Å². The number of hydrogen-bond donors (Lipinski definition) is 3. The Kier molecular flexibility index (Phi) is 4.69. The van der Waals surface area contributed by atoms with Crippen molar-refractivity contribution in [3.8, 4) is 0 Å². The fourth-order valence-electron chi connectivity index (χ4n) is 3.40. The molecule has 9 nitrogen and oxygen atoms in total. The summed E-state index contributed by atoms with van der Waals surface area (Å²) in [5.74, 6) is -2.00. The molecule has 4 rings (SSSR count). The summed E-state index contributed by atoms with van der Waals surface area (Å²) in [6.07, 6.45) is -0.656. The van der Waals surface area contributed by atoms with Crippen molar-refractivity contribution < 1.29 is 42.9 Å². The van der Waals surface area contributed by atoms with E-state index >= 15 is 0 Å². The van der Waals surface area contributed by atoms with E-state index < -0.39 is 45.4 Å². The minimum atomic E-state index is -2.07. The molecule has 138 valence electrons. The first-order valence-corrected chi connectivity index (χ1v) is 10.3. The minimum absolute atomic E-state index is 0.00829. The number of rotatable bonds is 2. The maximum Gasteiger partial charge on any atom is 0.217 e. The lowest BCUT2D eigenvalue weighted by molar-refractivity contribution is -0.335. The van der Waals surface area contributed by atoms with Gasteiger partial charge in [0.25, 0.3) is 0 Å². The highest BCUT2D eigenvalue weighted by Gasteiger charge is 2.78. The van der Waals surface area contributed by atoms with Crippen molar-refractivity contribution in [3.05, 3.63) is 0 Å². The van der Waals surface area contributed by atoms with Crippen LogP contribution in [0.2, 0.25) is 0 Å². The van der Waals surface area contributed by atoms with Crippen LogP contribution in [0.1, 0.15) is 19.8 Å². The van der Waals surface area contributed by atoms with Crippen molar-refractivity contribution in [2.75, 3.05) is 33.0 Å². The van der Waals surface area contributed by atoms with Gasteiger partial charge in [-0.25, -0.2) is 0 Å². The maximum absolute atomic E-state index is 11.4. The van der Waals surface area contributed by atoms with Gasteiger partial charge in [-0.15, -0.1) is 0 Å². The van der Waals surface area contributed by atoms with Gasteiger partial charge in [0.2, 0.25) is 27.9 Å². The van der Waals surface area contributed by atoms with Crippen molar-refractivity contribution in [1.29, 1.82) is 0 Å². The number of aliphatic hydroxyl groups is 3. The summed E-state index contributed by atoms with van der Waals surface area (Å²) < 4.78 is 33.7. The standard InChI is InChI=1S/C13H22O9P2/c1-11(14)13(16,24-20-6-3-7-21-24)10-12(15,9(22-11)8-17-10)23-18-4-2-5-19-23/h9-10,14-16H,2-8H2,1H3/t9-,10+,11+,12+,13+/m1/s1. The largest absolute Gasteiger partial charge is 0.376 e. The van der Waals surface area contributed by atoms with Crippen LogP contribution in [-0.4, -0.2) is 77.0 Å². The van der Waals surface area contributed by atoms with Crippen molar-refractivity contribution in [3.63, 3.8) is 0 Å². The Labute approximate surface area is 142 Å². The van der Waals surface area contributed by atoms with E-state index in [4.69, 9.17) is 27.6 Å². The lowest BCUT2D eigenvalue weighted by Gasteiger charge is -2.55. The average molecular weight is 384 g/mol. The predicted molar refractivity (Wildman–Crippen MR) is 82.0 cm³/mol. The Morgan fingerprint density at radius 2 is 1.42 bits per heavy atom. The zero-order valence-corrected chi connectivity index (χ0v) is 15.1. The van der Waals surface area contributed by atoms with Crippen molar-refractivity contribution in [2.24, 2.45) is 0 Å². The molecule has 24 heavy (non-hydrogen) atoms. The van der Waals surface area contributed by atoms with Gasteiger partial charge in [-0.2, -0.15) is 0 Å². The molecule has 0 aromatic carbocycles. The van der Waals surface area contributed by atoms with Gasteiger partial charge >= 0.3 is 0 Å². The molecule has 0 radical (unpaired) electrons. The lowest BCUT2D eigenvalue weighted by atomic mass is 9.94. The maximum atomic E-state index is 11.4. The molecule has 0 aliphatic carbocycles. The van der Waals surface area contributed by atoms with E-state index in [1.807, 2.05) is 0 Å². The molecular weight excluding hydrogens is 362 g/mol. The van der Waals surface area contributed by atoms with Gasteiger partial charge in [-0.05, 0) is 19.8 Å². The summed E-state index contributed by atoms with van der Waals surface area (Å²) in [6.45, 7) is 3.02. The van der Waals surface area contributed by atoms with Crippen LogP contribution in [0.15, 0.2) is 0 Å². The normalized spacial score (nSPS) is 51.0. The molecule has 0 spiro atoms. The second-order valence-electron chi connectivity index (χ2n) is 6.37. The summed E-state index contributed by atoms with van der Waals surface area (Å²) in [6, 6.07) is 0. The fourth-order valence-corrected chi connectivity index (χ4v) is 7.31. The molecule has 11 heteroatoms. The molecule has 0 saturated carbocycles. The second kappa shape index (κ2) is 6.29. The Morgan fingerprint density at radius 3 is 2.00 bits per heavy atom. The third-order valence-corrected chi connectivity index (χ3v) is 8.66. The topological polar surface area (TPSA) is 116 Å². The molecule has 3 N–H and O–H groups in total. The number of fused-ring (bicyclic) bond motifs is 2. The zero-order valence-electron chi connectivity index (χ0n) is 13.3. The van der Waals surface area contributed by atoms with E-state index in [1.165, 1.54) is 6.92 Å². The van der Waals surface area contributed by atoms with Crippen LogP contribution in [-0.2, 0) is 27.6 Å². The van der Waals surface area contributed by atoms with Gasteiger partial charge in [0.15, 0.2) is 5.34 Å². The van der Waals surface area contributed by atoms with Gasteiger partial charge in [0.1, 0.15) is 12.2 Å². The Balaban J connectivity index is 1.71. The van der Waals surface area contributed by atoms with Crippen LogP contribution in [0.4, 0.5) is 0 Å². The third-order valence-electron chi connectivity index (χ3n) is 4.68. The molecule has 0 aromatic rings. The Bertz CT molecular complexity index is 482. The average Bonchev–Trinajstić information content (AvgIpc) is 2.87. The van der Waals surface area contributed by atoms with Crippen molar-refractivity contribution in [2.45, 2.75) is 48.4 Å². The molecule has 0 unspecified atom stereocenters. The summed E-state index contributed by atoms with van der Waals surface area (Å²) >= 11 is 0. The highest BCUT2D eigenvalue weighted by molar-refractivity contribution is 7.50. The molecule has 4 aliphatic rings. The molecule has 4 heterocycles. The number of hydrogen-bond acceptors (Lipinski definition) is 9. The fraction of sp³-hybridized carbons (Fsp3) is 1.00. The zero-order chi connectivity index (χ0) is 17.0. The second-order valence-corrected chi connectivity index (χ2v) is 9.83. The minimum Gasteiger partial charge on any atom is -0.376 e. The molecule has 4 saturated heterocycles. The monoisotopic (exact) mass is 384 g/mol. The van der Waals surface area contributed by atoms with Gasteiger partial charge in [0.05, 0.1) is 33.0 Å². The van der Waals surface area contributed by atoms with E-state index in [0.29, 0.717) is 32.8 Å². The molecule has 0 aromatic heterocycles. The van der Waals surface area contributed by atoms with Crippen LogP contribution in [0.3, 0.4) is 0 Å². The van der Waals surface area contributed by atoms with Crippen LogP contribution < -0.4 is 0 Å². The van der Waals surface area contributed by atoms with Crippen LogP contribution >= 0.6 is 16.8 Å². The summed E-state index contributed by atoms with van der Waals surface area (Å²) in [7, 11) is -3.74. The quantitative estimate of drug-likeness (QED) is 0.581. The van der Waals surface area contributed by atoms with E-state index in [2.05, 4.69) is 0 Å². The van der Waals surface area contributed by atoms with Crippen molar-refractivity contribution >= 4 is 16.8 Å². The smallest absolute Gasteiger partial charge is 0.217 e. The van der Waals surface area contributed by atoms with E-state index in [0.717, 1.165) is 6.42 Å². The molecule has 2 bridgehead atoms. The third kappa shape index (κ3) is 2.42. The number of ether oxygens (including phenoxy) is 2. The van der Waals surface area contributed by atoms with Crippen molar-refractivity contribution in [1.82, 2.24) is 0 Å². The molecule has 0 amide bonds. The first-order chi connectivity index (χ1) is 11.4. The van der Waals surface area contributed by atoms with Gasteiger partial charge in [0, 0.05) is 0 Å². The molecule has 5 atom stereocenters. The van der Waals surface area contributed by atoms with Gasteiger partial charge < -0.3 is 42.9 Å². The molecule has 4 fully saturated rings. The molecule has 4 aliphatic heterocycles. The Hall–Kier alpha value is 0.500. The first-order valence-electron chi connectivity index (χ1n) is 7.99. The predicted octanol–water partition coefficient (Wildman–Crippen LogP) is 0.367. The van der Waals surface area contributed by atoms with Gasteiger partial charge in [-0.3, -0.25) is 0 Å².